The molecule has 0 saturated carbocycles. The fourth-order valence-corrected chi connectivity index (χ4v) is 1.96. The molecule has 1 saturated heterocycles. The molecule has 1 atom stereocenters. The van der Waals surface area contributed by atoms with Crippen molar-refractivity contribution < 1.29 is 4.79 Å². The highest BCUT2D eigenvalue weighted by Gasteiger charge is 2.29. The fourth-order valence-electron chi connectivity index (χ4n) is 1.61. The molecule has 0 spiro atoms. The largest absolute Gasteiger partial charge is 0.396 e. The van der Waals surface area contributed by atoms with Gasteiger partial charge in [-0.15, -0.1) is 0 Å². The van der Waals surface area contributed by atoms with Crippen molar-refractivity contribution in [2.75, 3.05) is 17.2 Å². The van der Waals surface area contributed by atoms with Gasteiger partial charge in [0.15, 0.2) is 5.82 Å². The lowest BCUT2D eigenvalue weighted by atomic mass is 10.3. The van der Waals surface area contributed by atoms with E-state index in [4.69, 9.17) is 11.5 Å². The Hall–Kier alpha value is -1.14. The second-order valence-electron chi connectivity index (χ2n) is 3.53. The maximum Gasteiger partial charge on any atom is 0.229 e. The van der Waals surface area contributed by atoms with Gasteiger partial charge >= 0.3 is 0 Å². The van der Waals surface area contributed by atoms with E-state index in [9.17, 15) is 4.79 Å². The van der Waals surface area contributed by atoms with Crippen LogP contribution in [0.2, 0.25) is 0 Å². The SMILES string of the molecule is Nc1cc(Br)cnc1N1CC(N)CC1=O. The molecule has 1 fully saturated rings. The minimum Gasteiger partial charge on any atom is -0.396 e. The zero-order chi connectivity index (χ0) is 11.0. The lowest BCUT2D eigenvalue weighted by molar-refractivity contribution is -0.117. The summed E-state index contributed by atoms with van der Waals surface area (Å²) < 4.78 is 0.791. The third-order valence-electron chi connectivity index (χ3n) is 2.27. The number of nitrogen functional groups attached to an aromatic ring is 1. The van der Waals surface area contributed by atoms with Crippen LogP contribution in [0.25, 0.3) is 0 Å². The molecule has 6 heteroatoms. The molecule has 1 amide bonds. The molecule has 5 nitrogen and oxygen atoms in total. The molecule has 1 aromatic heterocycles. The molecule has 1 aliphatic heterocycles. The summed E-state index contributed by atoms with van der Waals surface area (Å²) >= 11 is 3.26. The van der Waals surface area contributed by atoms with Crippen LogP contribution >= 0.6 is 15.9 Å². The molecule has 2 rings (SSSR count). The van der Waals surface area contributed by atoms with Gasteiger partial charge in [-0.1, -0.05) is 0 Å². The number of rotatable bonds is 1. The third-order valence-corrected chi connectivity index (χ3v) is 2.71. The van der Waals surface area contributed by atoms with E-state index in [1.807, 2.05) is 0 Å². The number of anilines is 2. The van der Waals surface area contributed by atoms with E-state index in [0.717, 1.165) is 4.47 Å². The summed E-state index contributed by atoms with van der Waals surface area (Å²) in [5.74, 6) is 0.472. The highest BCUT2D eigenvalue weighted by atomic mass is 79.9. The van der Waals surface area contributed by atoms with Crippen molar-refractivity contribution in [3.8, 4) is 0 Å². The number of carbonyl (C=O) groups excluding carboxylic acids is 1. The number of hydrogen-bond donors (Lipinski definition) is 2. The molecule has 0 radical (unpaired) electrons. The fraction of sp³-hybridized carbons (Fsp3) is 0.333. The van der Waals surface area contributed by atoms with E-state index in [1.54, 1.807) is 12.3 Å². The van der Waals surface area contributed by atoms with Crippen molar-refractivity contribution >= 4 is 33.3 Å². The smallest absolute Gasteiger partial charge is 0.229 e. The van der Waals surface area contributed by atoms with Crippen molar-refractivity contribution in [3.05, 3.63) is 16.7 Å². The Morgan fingerprint density at radius 1 is 1.60 bits per heavy atom. The molecule has 0 aromatic carbocycles. The average Bonchev–Trinajstić information content (AvgIpc) is 2.45. The number of nitrogens with two attached hydrogens (primary N) is 2. The van der Waals surface area contributed by atoms with Gasteiger partial charge in [-0.2, -0.15) is 0 Å². The monoisotopic (exact) mass is 270 g/mol. The zero-order valence-electron chi connectivity index (χ0n) is 7.98. The third kappa shape index (κ3) is 1.95. The van der Waals surface area contributed by atoms with Crippen LogP contribution in [-0.2, 0) is 4.79 Å². The van der Waals surface area contributed by atoms with E-state index >= 15 is 0 Å². The average molecular weight is 271 g/mol. The lowest BCUT2D eigenvalue weighted by Gasteiger charge is -2.16. The summed E-state index contributed by atoms with van der Waals surface area (Å²) in [5.41, 5.74) is 12.0. The Labute approximate surface area is 95.6 Å². The van der Waals surface area contributed by atoms with Gasteiger partial charge in [0.05, 0.1) is 5.69 Å². The van der Waals surface area contributed by atoms with Gasteiger partial charge in [0.1, 0.15) is 0 Å². The van der Waals surface area contributed by atoms with Crippen molar-refractivity contribution in [1.29, 1.82) is 0 Å². The van der Waals surface area contributed by atoms with Crippen molar-refractivity contribution in [3.63, 3.8) is 0 Å². The van der Waals surface area contributed by atoms with Crippen LogP contribution in [0.1, 0.15) is 6.42 Å². The number of halogens is 1. The van der Waals surface area contributed by atoms with Gasteiger partial charge in [-0.05, 0) is 22.0 Å². The zero-order valence-corrected chi connectivity index (χ0v) is 9.57. The lowest BCUT2D eigenvalue weighted by Crippen LogP contribution is -2.29. The summed E-state index contributed by atoms with van der Waals surface area (Å²) in [6.45, 7) is 0.484. The van der Waals surface area contributed by atoms with E-state index in [0.29, 0.717) is 24.5 Å². The van der Waals surface area contributed by atoms with E-state index in [1.165, 1.54) is 4.90 Å². The number of aromatic nitrogens is 1. The Morgan fingerprint density at radius 2 is 2.33 bits per heavy atom. The van der Waals surface area contributed by atoms with Gasteiger partial charge < -0.3 is 11.5 Å². The molecule has 0 aliphatic carbocycles. The van der Waals surface area contributed by atoms with Crippen LogP contribution in [0.4, 0.5) is 11.5 Å². The standard InChI is InChI=1S/C9H11BrN4O/c10-5-1-7(12)9(13-3-5)14-4-6(11)2-8(14)15/h1,3,6H,2,4,11-12H2. The summed E-state index contributed by atoms with van der Waals surface area (Å²) in [5, 5.41) is 0. The van der Waals surface area contributed by atoms with Gasteiger partial charge in [0.2, 0.25) is 5.91 Å². The van der Waals surface area contributed by atoms with Crippen LogP contribution in [0.15, 0.2) is 16.7 Å². The molecule has 15 heavy (non-hydrogen) atoms. The first-order valence-electron chi connectivity index (χ1n) is 4.55. The van der Waals surface area contributed by atoms with Crippen molar-refractivity contribution in [2.24, 2.45) is 5.73 Å². The van der Waals surface area contributed by atoms with Gasteiger partial charge in [-0.25, -0.2) is 4.98 Å². The van der Waals surface area contributed by atoms with Gasteiger partial charge in [-0.3, -0.25) is 9.69 Å². The molecule has 0 bridgehead atoms. The Bertz CT molecular complexity index is 409. The number of pyridine rings is 1. The Morgan fingerprint density at radius 3 is 2.87 bits per heavy atom. The number of carbonyl (C=O) groups is 1. The molecule has 1 unspecified atom stereocenters. The first-order valence-corrected chi connectivity index (χ1v) is 5.34. The van der Waals surface area contributed by atoms with Crippen LogP contribution < -0.4 is 16.4 Å². The first-order chi connectivity index (χ1) is 7.08. The molecule has 1 aromatic rings. The van der Waals surface area contributed by atoms with Crippen LogP contribution in [0.3, 0.4) is 0 Å². The quantitative estimate of drug-likeness (QED) is 0.778. The Kier molecular flexibility index (Phi) is 2.62. The number of amides is 1. The topological polar surface area (TPSA) is 85.2 Å². The molecular weight excluding hydrogens is 260 g/mol. The number of hydrogen-bond acceptors (Lipinski definition) is 4. The summed E-state index contributed by atoms with van der Waals surface area (Å²) in [6, 6.07) is 1.60. The van der Waals surface area contributed by atoms with Crippen LogP contribution in [0.5, 0.6) is 0 Å². The summed E-state index contributed by atoms with van der Waals surface area (Å²) in [4.78, 5) is 17.2. The molecule has 2 heterocycles. The second kappa shape index (κ2) is 3.79. The van der Waals surface area contributed by atoms with E-state index < -0.39 is 0 Å². The summed E-state index contributed by atoms with van der Waals surface area (Å²) in [7, 11) is 0. The van der Waals surface area contributed by atoms with Crippen molar-refractivity contribution in [1.82, 2.24) is 4.98 Å². The minimum atomic E-state index is -0.123. The number of nitrogens with zero attached hydrogens (tertiary/aromatic N) is 2. The van der Waals surface area contributed by atoms with Crippen LogP contribution in [-0.4, -0.2) is 23.5 Å². The maximum absolute atomic E-state index is 11.6. The molecule has 1 aliphatic rings. The predicted molar refractivity (Wildman–Crippen MR) is 61.3 cm³/mol. The summed E-state index contributed by atoms with van der Waals surface area (Å²) in [6.07, 6.45) is 1.97. The Balaban J connectivity index is 2.34. The molecule has 80 valence electrons. The highest BCUT2D eigenvalue weighted by molar-refractivity contribution is 9.10. The predicted octanol–water partition coefficient (Wildman–Crippen LogP) is 0.490. The van der Waals surface area contributed by atoms with Crippen molar-refractivity contribution in [2.45, 2.75) is 12.5 Å². The van der Waals surface area contributed by atoms with Crippen LogP contribution in [0, 0.1) is 0 Å². The minimum absolute atomic E-state index is 0.0241. The molecular formula is C9H11BrN4O. The maximum atomic E-state index is 11.6. The first kappa shape index (κ1) is 10.4. The normalized spacial score (nSPS) is 21.1. The molecule has 4 N–H and O–H groups in total. The van der Waals surface area contributed by atoms with E-state index in [2.05, 4.69) is 20.9 Å². The van der Waals surface area contributed by atoms with Gasteiger partial charge in [0.25, 0.3) is 0 Å². The van der Waals surface area contributed by atoms with Gasteiger partial charge in [0, 0.05) is 29.7 Å². The highest BCUT2D eigenvalue weighted by Crippen LogP contribution is 2.26. The van der Waals surface area contributed by atoms with E-state index in [-0.39, 0.29) is 11.9 Å². The second-order valence-corrected chi connectivity index (χ2v) is 4.45.